The highest BCUT2D eigenvalue weighted by molar-refractivity contribution is 8.00. The number of thioether (sulfide) groups is 1. The van der Waals surface area contributed by atoms with Crippen LogP contribution in [0.5, 0.6) is 0 Å². The molecule has 2 atom stereocenters. The highest BCUT2D eigenvalue weighted by Gasteiger charge is 2.53. The normalized spacial score (nSPS) is 19.4. The first-order valence-electron chi connectivity index (χ1n) is 11.4. The van der Waals surface area contributed by atoms with E-state index in [-0.39, 0.29) is 42.1 Å². The zero-order valence-electron chi connectivity index (χ0n) is 19.8. The summed E-state index contributed by atoms with van der Waals surface area (Å²) in [5, 5.41) is 27.0. The number of nitrogen functional groups attached to an aromatic ring is 1. The molecule has 4 heterocycles. The molecular weight excluding hydrogens is 522 g/mol. The van der Waals surface area contributed by atoms with Gasteiger partial charge < -0.3 is 30.9 Å². The molecule has 0 bridgehead atoms. The summed E-state index contributed by atoms with van der Waals surface area (Å²) in [6.45, 7) is 2.20. The molecule has 2 aliphatic rings. The number of nitrogens with zero attached hydrogens (tertiary/aromatic N) is 5. The summed E-state index contributed by atoms with van der Waals surface area (Å²) in [4.78, 5) is 48.1. The molecule has 0 radical (unpaired) electrons. The molecule has 13 nitrogen and oxygen atoms in total. The summed E-state index contributed by atoms with van der Waals surface area (Å²) >= 11 is 2.22. The molecule has 0 aromatic carbocycles. The van der Waals surface area contributed by atoms with Crippen molar-refractivity contribution in [2.75, 3.05) is 24.7 Å². The van der Waals surface area contributed by atoms with E-state index in [9.17, 15) is 19.5 Å². The van der Waals surface area contributed by atoms with Crippen LogP contribution in [0, 0.1) is 0 Å². The van der Waals surface area contributed by atoms with Gasteiger partial charge in [0.1, 0.15) is 18.0 Å². The van der Waals surface area contributed by atoms with Gasteiger partial charge in [0.15, 0.2) is 24.1 Å². The molecule has 1 saturated heterocycles. The van der Waals surface area contributed by atoms with Crippen LogP contribution >= 0.6 is 23.3 Å². The maximum absolute atomic E-state index is 13.0. The Balaban J connectivity index is 1.51. The molecule has 1 unspecified atom stereocenters. The van der Waals surface area contributed by atoms with Crippen molar-refractivity contribution in [3.05, 3.63) is 47.2 Å². The fraction of sp³-hybridized carbons (Fsp3) is 0.409. The number of pyridine rings is 1. The van der Waals surface area contributed by atoms with Crippen molar-refractivity contribution in [2.24, 2.45) is 5.16 Å². The Morgan fingerprint density at radius 2 is 2.27 bits per heavy atom. The summed E-state index contributed by atoms with van der Waals surface area (Å²) in [6.07, 6.45) is 4.99. The van der Waals surface area contributed by atoms with Crippen molar-refractivity contribution in [3.63, 3.8) is 0 Å². The molecule has 196 valence electrons. The number of carbonyl (C=O) groups is 3. The number of carboxylic acid groups (broad SMARTS) is 1. The van der Waals surface area contributed by atoms with E-state index in [0.29, 0.717) is 24.2 Å². The van der Waals surface area contributed by atoms with Crippen molar-refractivity contribution in [1.82, 2.24) is 19.6 Å². The van der Waals surface area contributed by atoms with E-state index in [1.54, 1.807) is 13.1 Å². The number of aliphatic hydroxyl groups is 1. The van der Waals surface area contributed by atoms with E-state index < -0.39 is 29.2 Å². The molecule has 4 N–H and O–H groups in total. The van der Waals surface area contributed by atoms with Crippen molar-refractivity contribution in [2.45, 2.75) is 37.7 Å². The molecular formula is C22H25N7O6S2. The lowest BCUT2D eigenvalue weighted by Gasteiger charge is -2.50. The smallest absolute Gasteiger partial charge is 0.278 e. The second-order valence-electron chi connectivity index (χ2n) is 8.13. The number of carboxylic acids is 1. The minimum absolute atomic E-state index is 0.0378. The minimum atomic E-state index is -1.46. The molecule has 2 aromatic heterocycles. The summed E-state index contributed by atoms with van der Waals surface area (Å²) < 4.78 is 5.81. The summed E-state index contributed by atoms with van der Waals surface area (Å²) in [5.41, 5.74) is 6.69. The number of hydrogen-bond acceptors (Lipinski definition) is 12. The number of nitrogens with two attached hydrogens (primary N) is 1. The van der Waals surface area contributed by atoms with E-state index in [4.69, 9.17) is 15.7 Å². The number of rotatable bonds is 11. The van der Waals surface area contributed by atoms with Crippen LogP contribution in [-0.4, -0.2) is 73.2 Å². The topological polar surface area (TPSA) is 187 Å². The second kappa shape index (κ2) is 11.7. The van der Waals surface area contributed by atoms with Gasteiger partial charge in [-0.05, 0) is 25.8 Å². The van der Waals surface area contributed by atoms with E-state index in [0.717, 1.165) is 22.0 Å². The largest absolute Gasteiger partial charge is 0.543 e. The van der Waals surface area contributed by atoms with Crippen molar-refractivity contribution in [3.8, 4) is 0 Å². The third-order valence-electron chi connectivity index (χ3n) is 5.60. The van der Waals surface area contributed by atoms with Crippen LogP contribution in [0.1, 0.15) is 24.7 Å². The molecule has 1 fully saturated rings. The van der Waals surface area contributed by atoms with Gasteiger partial charge in [0, 0.05) is 41.1 Å². The number of fused-ring (bicyclic) bond motifs is 1. The van der Waals surface area contributed by atoms with Crippen molar-refractivity contribution >= 4 is 51.9 Å². The molecule has 15 heteroatoms. The molecule has 2 aliphatic heterocycles. The van der Waals surface area contributed by atoms with E-state index in [1.807, 2.05) is 22.9 Å². The maximum atomic E-state index is 13.0. The predicted molar refractivity (Wildman–Crippen MR) is 132 cm³/mol. The number of carbonyl (C=O) groups excluding carboxylic acids is 3. The Labute approximate surface area is 220 Å². The quantitative estimate of drug-likeness (QED) is 0.125. The average Bonchev–Trinajstić information content (AvgIpc) is 3.31. The number of aryl methyl sites for hydroxylation is 1. The van der Waals surface area contributed by atoms with Gasteiger partial charge in [-0.25, -0.2) is 4.57 Å². The summed E-state index contributed by atoms with van der Waals surface area (Å²) in [5.74, 6) is -2.50. The molecule has 2 aromatic rings. The minimum Gasteiger partial charge on any atom is -0.543 e. The highest BCUT2D eigenvalue weighted by Crippen LogP contribution is 2.40. The lowest BCUT2D eigenvalue weighted by Crippen LogP contribution is -2.71. The van der Waals surface area contributed by atoms with Gasteiger partial charge in [-0.3, -0.25) is 14.5 Å². The number of β-lactam (4-membered cyclic amide) rings is 1. The first-order chi connectivity index (χ1) is 17.8. The van der Waals surface area contributed by atoms with Gasteiger partial charge in [0.25, 0.3) is 11.8 Å². The van der Waals surface area contributed by atoms with Crippen LogP contribution in [0.4, 0.5) is 5.13 Å². The number of nitrogens with one attached hydrogen (secondary N) is 1. The average molecular weight is 548 g/mol. The molecule has 0 spiro atoms. The van der Waals surface area contributed by atoms with Gasteiger partial charge in [-0.1, -0.05) is 5.16 Å². The number of anilines is 1. The lowest BCUT2D eigenvalue weighted by atomic mass is 10.0. The third-order valence-corrected chi connectivity index (χ3v) is 7.48. The standard InChI is InChI=1S/C22H25N7O6S2/c1-2-35-26-14(17-25-22(23)37-27-17)18(31)24-15-19(32)29-16(21(33)34)13(11-36-20(15)29)10-28-7-3-5-12(9-28)6-4-8-30/h3,5,7,9,15,20,30H,2,4,6,8,10-11H2,1H3,(H3-,23,24,25,27,31,33,34)/t15?,20-/m1/s1. The Kier molecular flexibility index (Phi) is 8.35. The third kappa shape index (κ3) is 5.73. The number of amides is 2. The van der Waals surface area contributed by atoms with Gasteiger partial charge in [0.2, 0.25) is 11.5 Å². The van der Waals surface area contributed by atoms with Crippen LogP contribution < -0.4 is 20.7 Å². The van der Waals surface area contributed by atoms with Gasteiger partial charge in [-0.15, -0.1) is 11.8 Å². The molecule has 0 saturated carbocycles. The van der Waals surface area contributed by atoms with E-state index in [1.165, 1.54) is 11.8 Å². The highest BCUT2D eigenvalue weighted by atomic mass is 32.2. The van der Waals surface area contributed by atoms with E-state index in [2.05, 4.69) is 19.8 Å². The molecule has 37 heavy (non-hydrogen) atoms. The summed E-state index contributed by atoms with van der Waals surface area (Å²) in [6, 6.07) is 2.79. The zero-order valence-corrected chi connectivity index (χ0v) is 21.5. The molecule has 0 aliphatic carbocycles. The van der Waals surface area contributed by atoms with Gasteiger partial charge >= 0.3 is 0 Å². The number of hydrogen-bond donors (Lipinski definition) is 3. The monoisotopic (exact) mass is 547 g/mol. The Bertz CT molecular complexity index is 1260. The number of aliphatic hydroxyl groups excluding tert-OH is 1. The number of oxime groups is 1. The SMILES string of the molecule is CCON=C(C(=O)NC1C(=O)N2C(C(=O)[O-])=C(C[n+]3cccc(CCCO)c3)CS[C@H]12)c1nsc(N)n1. The first-order valence-corrected chi connectivity index (χ1v) is 13.2. The Morgan fingerprint density at radius 3 is 2.95 bits per heavy atom. The molecule has 2 amide bonds. The predicted octanol–water partition coefficient (Wildman–Crippen LogP) is -1.82. The number of aliphatic carboxylic acids is 1. The fourth-order valence-electron chi connectivity index (χ4n) is 3.97. The Morgan fingerprint density at radius 1 is 1.46 bits per heavy atom. The molecule has 4 rings (SSSR count). The zero-order chi connectivity index (χ0) is 26.5. The Hall–Kier alpha value is -3.56. The first kappa shape index (κ1) is 26.5. The van der Waals surface area contributed by atoms with Crippen molar-refractivity contribution < 1.29 is 34.0 Å². The fourth-order valence-corrected chi connectivity index (χ4v) is 5.74. The van der Waals surface area contributed by atoms with Crippen LogP contribution in [-0.2, 0) is 32.2 Å². The van der Waals surface area contributed by atoms with Gasteiger partial charge in [-0.2, -0.15) is 9.36 Å². The lowest BCUT2D eigenvalue weighted by molar-refractivity contribution is -0.689. The van der Waals surface area contributed by atoms with E-state index >= 15 is 0 Å². The van der Waals surface area contributed by atoms with Crippen LogP contribution in [0.15, 0.2) is 41.0 Å². The second-order valence-corrected chi connectivity index (χ2v) is 10.0. The number of aromatic nitrogens is 3. The summed E-state index contributed by atoms with van der Waals surface area (Å²) in [7, 11) is 0. The maximum Gasteiger partial charge on any atom is 0.278 e. The van der Waals surface area contributed by atoms with Crippen molar-refractivity contribution in [1.29, 1.82) is 0 Å². The van der Waals surface area contributed by atoms with Crippen LogP contribution in [0.2, 0.25) is 0 Å². The van der Waals surface area contributed by atoms with Crippen LogP contribution in [0.3, 0.4) is 0 Å². The van der Waals surface area contributed by atoms with Crippen LogP contribution in [0.25, 0.3) is 0 Å². The van der Waals surface area contributed by atoms with Gasteiger partial charge in [0.05, 0.1) is 11.7 Å².